The topological polar surface area (TPSA) is 76.8 Å². The highest BCUT2D eigenvalue weighted by molar-refractivity contribution is 7.18. The fourth-order valence-electron chi connectivity index (χ4n) is 3.35. The van der Waals surface area contributed by atoms with Crippen molar-refractivity contribution in [1.29, 1.82) is 5.26 Å². The van der Waals surface area contributed by atoms with Crippen LogP contribution in [0.5, 0.6) is 0 Å². The summed E-state index contributed by atoms with van der Waals surface area (Å²) in [6, 6.07) is 6.99. The molecule has 6 nitrogen and oxygen atoms in total. The summed E-state index contributed by atoms with van der Waals surface area (Å²) in [6.45, 7) is 2.33. The van der Waals surface area contributed by atoms with E-state index in [0.717, 1.165) is 16.9 Å². The van der Waals surface area contributed by atoms with Gasteiger partial charge in [-0.15, -0.1) is 11.3 Å². The molecule has 0 saturated carbocycles. The Hall–Kier alpha value is -1.82. The monoisotopic (exact) mass is 439 g/mol. The van der Waals surface area contributed by atoms with Crippen LogP contribution in [-0.2, 0) is 4.74 Å². The Morgan fingerprint density at radius 3 is 2.54 bits per heavy atom. The van der Waals surface area contributed by atoms with Crippen LogP contribution in [0, 0.1) is 11.3 Å². The minimum atomic E-state index is -1.05. The number of nitrogens with zero attached hydrogens (tertiary/aromatic N) is 3. The van der Waals surface area contributed by atoms with Crippen molar-refractivity contribution in [2.45, 2.75) is 6.04 Å². The van der Waals surface area contributed by atoms with Crippen molar-refractivity contribution < 1.29 is 14.6 Å². The van der Waals surface area contributed by atoms with Crippen molar-refractivity contribution in [3.63, 3.8) is 0 Å². The number of anilines is 1. The number of halogens is 2. The summed E-state index contributed by atoms with van der Waals surface area (Å²) in [5.41, 5.74) is 1.63. The minimum Gasteiger partial charge on any atom is -0.477 e. The Kier molecular flexibility index (Phi) is 6.48. The van der Waals surface area contributed by atoms with Crippen molar-refractivity contribution in [2.75, 3.05) is 45.3 Å². The molecule has 148 valence electrons. The van der Waals surface area contributed by atoms with Gasteiger partial charge >= 0.3 is 5.97 Å². The summed E-state index contributed by atoms with van der Waals surface area (Å²) in [4.78, 5) is 16.1. The van der Waals surface area contributed by atoms with Gasteiger partial charge in [-0.25, -0.2) is 4.79 Å². The molecule has 0 amide bonds. The molecule has 1 atom stereocenters. The average molecular weight is 440 g/mol. The van der Waals surface area contributed by atoms with Gasteiger partial charge in [0.15, 0.2) is 0 Å². The van der Waals surface area contributed by atoms with E-state index in [2.05, 4.69) is 6.07 Å². The summed E-state index contributed by atoms with van der Waals surface area (Å²) in [5.74, 6) is -1.05. The predicted molar refractivity (Wildman–Crippen MR) is 111 cm³/mol. The van der Waals surface area contributed by atoms with Crippen molar-refractivity contribution in [1.82, 2.24) is 4.90 Å². The Balaban J connectivity index is 2.21. The number of carboxylic acid groups (broad SMARTS) is 1. The fourth-order valence-corrected chi connectivity index (χ4v) is 4.83. The predicted octanol–water partition coefficient (Wildman–Crippen LogP) is 4.11. The van der Waals surface area contributed by atoms with Gasteiger partial charge in [-0.3, -0.25) is 4.90 Å². The molecule has 1 aromatic heterocycles. The first-order valence-corrected chi connectivity index (χ1v) is 10.2. The lowest BCUT2D eigenvalue weighted by atomic mass is 9.94. The first-order valence-electron chi connectivity index (χ1n) is 8.59. The first-order chi connectivity index (χ1) is 13.3. The third kappa shape index (κ3) is 3.97. The number of carbonyl (C=O) groups is 1. The third-order valence-corrected chi connectivity index (χ3v) is 6.57. The van der Waals surface area contributed by atoms with E-state index in [0.29, 0.717) is 52.5 Å². The largest absolute Gasteiger partial charge is 0.477 e. The molecule has 1 aromatic carbocycles. The number of nitriles is 1. The van der Waals surface area contributed by atoms with Crippen molar-refractivity contribution in [3.05, 3.63) is 49.8 Å². The van der Waals surface area contributed by atoms with Gasteiger partial charge in [0.05, 0.1) is 34.9 Å². The number of carboxylic acids is 1. The van der Waals surface area contributed by atoms with Gasteiger partial charge in [0.2, 0.25) is 0 Å². The molecule has 0 bridgehead atoms. The number of thiophene rings is 1. The van der Waals surface area contributed by atoms with Gasteiger partial charge in [-0.05, 0) is 31.8 Å². The van der Waals surface area contributed by atoms with Gasteiger partial charge in [0, 0.05) is 18.7 Å². The molecular formula is C19H19Cl2N3O3S. The van der Waals surface area contributed by atoms with E-state index in [9.17, 15) is 15.2 Å². The van der Waals surface area contributed by atoms with E-state index in [4.69, 9.17) is 27.9 Å². The summed E-state index contributed by atoms with van der Waals surface area (Å²) in [7, 11) is 3.68. The van der Waals surface area contributed by atoms with E-state index in [1.165, 1.54) is 0 Å². The molecule has 9 heteroatoms. The number of rotatable bonds is 5. The molecule has 0 aliphatic carbocycles. The highest BCUT2D eigenvalue weighted by Gasteiger charge is 2.33. The highest BCUT2D eigenvalue weighted by Crippen LogP contribution is 2.43. The Morgan fingerprint density at radius 2 is 2.00 bits per heavy atom. The zero-order valence-electron chi connectivity index (χ0n) is 15.4. The third-order valence-electron chi connectivity index (χ3n) is 4.58. The van der Waals surface area contributed by atoms with Crippen LogP contribution in [0.3, 0.4) is 0 Å². The lowest BCUT2D eigenvalue weighted by Gasteiger charge is -2.28. The smallest absolute Gasteiger partial charge is 0.346 e. The Bertz CT molecular complexity index is 933. The summed E-state index contributed by atoms with van der Waals surface area (Å²) < 4.78 is 5.39. The molecule has 2 heterocycles. The summed E-state index contributed by atoms with van der Waals surface area (Å²) in [5, 5.41) is 21.3. The van der Waals surface area contributed by atoms with Gasteiger partial charge in [0.1, 0.15) is 15.9 Å². The van der Waals surface area contributed by atoms with Crippen LogP contribution < -0.4 is 4.90 Å². The molecule has 1 fully saturated rings. The number of aromatic carboxylic acids is 1. The van der Waals surface area contributed by atoms with Gasteiger partial charge in [-0.2, -0.15) is 5.26 Å². The van der Waals surface area contributed by atoms with E-state index in [1.54, 1.807) is 18.2 Å². The van der Waals surface area contributed by atoms with Crippen LogP contribution in [0.2, 0.25) is 10.0 Å². The normalized spacial score (nSPS) is 15.5. The van der Waals surface area contributed by atoms with Crippen LogP contribution >= 0.6 is 34.5 Å². The maximum Gasteiger partial charge on any atom is 0.346 e. The maximum absolute atomic E-state index is 12.1. The molecule has 1 aliphatic rings. The fraction of sp³-hybridized carbons (Fsp3) is 0.368. The molecule has 1 unspecified atom stereocenters. The number of hydrogen-bond donors (Lipinski definition) is 1. The second-order valence-corrected chi connectivity index (χ2v) is 8.39. The second-order valence-electron chi connectivity index (χ2n) is 6.58. The van der Waals surface area contributed by atoms with Crippen molar-refractivity contribution in [3.8, 4) is 6.07 Å². The zero-order valence-corrected chi connectivity index (χ0v) is 17.7. The number of ether oxygens (including phenoxy) is 1. The lowest BCUT2D eigenvalue weighted by molar-refractivity contribution is 0.0699. The van der Waals surface area contributed by atoms with E-state index >= 15 is 0 Å². The molecule has 3 rings (SSSR count). The van der Waals surface area contributed by atoms with Crippen LogP contribution in [0.1, 0.15) is 32.4 Å². The Labute approximate surface area is 177 Å². The zero-order chi connectivity index (χ0) is 20.4. The van der Waals surface area contributed by atoms with E-state index in [1.807, 2.05) is 23.9 Å². The highest BCUT2D eigenvalue weighted by atomic mass is 35.5. The maximum atomic E-state index is 12.1. The summed E-state index contributed by atoms with van der Waals surface area (Å²) >= 11 is 13.4. The minimum absolute atomic E-state index is 0.155. The molecule has 1 N–H and O–H groups in total. The average Bonchev–Trinajstić information content (AvgIpc) is 3.04. The molecule has 0 radical (unpaired) electrons. The Morgan fingerprint density at radius 1 is 1.32 bits per heavy atom. The molecule has 1 saturated heterocycles. The number of benzene rings is 1. The van der Waals surface area contributed by atoms with E-state index in [-0.39, 0.29) is 4.88 Å². The number of morpholine rings is 1. The van der Waals surface area contributed by atoms with Gasteiger partial charge in [-0.1, -0.05) is 29.3 Å². The van der Waals surface area contributed by atoms with Crippen LogP contribution in [0.25, 0.3) is 0 Å². The van der Waals surface area contributed by atoms with Crippen LogP contribution in [-0.4, -0.2) is 56.4 Å². The lowest BCUT2D eigenvalue weighted by Crippen LogP contribution is -2.36. The van der Waals surface area contributed by atoms with Gasteiger partial charge in [0.25, 0.3) is 0 Å². The quantitative estimate of drug-likeness (QED) is 0.754. The summed E-state index contributed by atoms with van der Waals surface area (Å²) in [6.07, 6.45) is 0. The molecule has 2 aromatic rings. The number of hydrogen-bond acceptors (Lipinski definition) is 6. The second kappa shape index (κ2) is 8.68. The SMILES string of the molecule is CN(C)C(c1ccc(Cl)c(Cl)c1)c1c(C(=O)O)sc(N2CCOCC2)c1C#N. The van der Waals surface area contributed by atoms with Crippen molar-refractivity contribution >= 4 is 45.5 Å². The van der Waals surface area contributed by atoms with Crippen LogP contribution in [0.15, 0.2) is 18.2 Å². The molecular weight excluding hydrogens is 421 g/mol. The standard InChI is InChI=1S/C19H19Cl2N3O3S/c1-23(2)16(11-3-4-13(20)14(21)9-11)15-12(10-22)18(28-17(15)19(25)26)24-5-7-27-8-6-24/h3-4,9,16H,5-8H2,1-2H3,(H,25,26). The van der Waals surface area contributed by atoms with Gasteiger partial charge < -0.3 is 14.7 Å². The molecule has 28 heavy (non-hydrogen) atoms. The first kappa shape index (κ1) is 20.9. The van der Waals surface area contributed by atoms with E-state index < -0.39 is 12.0 Å². The molecule has 1 aliphatic heterocycles. The molecule has 0 spiro atoms. The van der Waals surface area contributed by atoms with Crippen LogP contribution in [0.4, 0.5) is 5.00 Å². The van der Waals surface area contributed by atoms with Crippen molar-refractivity contribution in [2.24, 2.45) is 0 Å².